The van der Waals surface area contributed by atoms with Crippen LogP contribution >= 0.6 is 0 Å². The number of carbonyl (C=O) groups excluding carboxylic acids is 3. The van der Waals surface area contributed by atoms with Crippen molar-refractivity contribution in [3.8, 4) is 11.4 Å². The number of hydrogen-bond donors (Lipinski definition) is 1. The number of piperidine rings is 3. The van der Waals surface area contributed by atoms with Crippen LogP contribution in [0, 0.1) is 0 Å². The lowest BCUT2D eigenvalue weighted by Crippen LogP contribution is -2.48. The molecular weight excluding hydrogens is 1280 g/mol. The number of hydrogen-bond acceptors (Lipinski definition) is 7. The van der Waals surface area contributed by atoms with Crippen molar-refractivity contribution in [1.29, 1.82) is 0 Å². The fourth-order valence-electron chi connectivity index (χ4n) is 14.2. The minimum atomic E-state index is 0.146. The third-order valence-electron chi connectivity index (χ3n) is 21.6. The number of likely N-dealkylation sites (tertiary alicyclic amines) is 3. The molecule has 4 saturated heterocycles. The number of nitrogens with zero attached hydrogens (tertiary/aromatic N) is 7. The summed E-state index contributed by atoms with van der Waals surface area (Å²) in [5.41, 5.74) is 16.3. The topological polar surface area (TPSA) is 109 Å². The fraction of sp³-hybridized carbons (Fsp3) is 0.559. The van der Waals surface area contributed by atoms with Crippen LogP contribution in [0.1, 0.15) is 306 Å². The third kappa shape index (κ3) is 26.3. The van der Waals surface area contributed by atoms with Gasteiger partial charge >= 0.3 is 0 Å². The van der Waals surface area contributed by atoms with Gasteiger partial charge in [0.1, 0.15) is 6.33 Å². The van der Waals surface area contributed by atoms with Crippen molar-refractivity contribution in [1.82, 2.24) is 34.8 Å². The highest BCUT2D eigenvalue weighted by molar-refractivity contribution is 5.95. The molecule has 5 heterocycles. The van der Waals surface area contributed by atoms with Crippen LogP contribution < -0.4 is 4.90 Å². The first kappa shape index (κ1) is 83.9. The average molecular weight is 1410 g/mol. The number of H-pyrrole nitrogens is 1. The molecule has 1 saturated carbocycles. The molecule has 3 amide bonds. The van der Waals surface area contributed by atoms with Crippen molar-refractivity contribution < 1.29 is 14.4 Å². The summed E-state index contributed by atoms with van der Waals surface area (Å²) < 4.78 is 0. The molecule has 7 aromatic rings. The molecule has 0 bridgehead atoms. The van der Waals surface area contributed by atoms with Gasteiger partial charge in [-0.05, 0) is 204 Å². The number of rotatable bonds is 7. The highest BCUT2D eigenvalue weighted by atomic mass is 16.2. The molecule has 1 aromatic heterocycles. The number of anilines is 1. The Balaban J connectivity index is 0.000000175. The molecule has 4 aliphatic heterocycles. The van der Waals surface area contributed by atoms with Gasteiger partial charge in [0.05, 0.1) is 0 Å². The molecule has 5 fully saturated rings. The van der Waals surface area contributed by atoms with Crippen LogP contribution in [0.2, 0.25) is 0 Å². The van der Waals surface area contributed by atoms with Crippen LogP contribution in [-0.2, 0) is 37.3 Å². The van der Waals surface area contributed by atoms with Crippen molar-refractivity contribution in [3.63, 3.8) is 0 Å². The van der Waals surface area contributed by atoms with Gasteiger partial charge in [-0.2, -0.15) is 5.10 Å². The Morgan fingerprint density at radius 1 is 0.375 bits per heavy atom. The van der Waals surface area contributed by atoms with Crippen LogP contribution in [0.15, 0.2) is 152 Å². The van der Waals surface area contributed by atoms with Crippen molar-refractivity contribution in [2.24, 2.45) is 0 Å². The Hall–Kier alpha value is -7.37. The molecule has 12 rings (SSSR count). The number of aromatic nitrogens is 3. The largest absolute Gasteiger partial charge is 0.368 e. The number of benzene rings is 6. The number of nitrogens with one attached hydrogen (secondary N) is 1. The summed E-state index contributed by atoms with van der Waals surface area (Å²) in [6.45, 7) is 53.8. The monoisotopic (exact) mass is 1410 g/mol. The number of amides is 3. The molecule has 0 spiro atoms. The molecule has 6 aromatic carbocycles. The van der Waals surface area contributed by atoms with Gasteiger partial charge in [0.25, 0.3) is 11.8 Å². The second-order valence-electron chi connectivity index (χ2n) is 36.2. The summed E-state index contributed by atoms with van der Waals surface area (Å²) in [6, 6.07) is 52.6. The van der Waals surface area contributed by atoms with Crippen LogP contribution in [0.5, 0.6) is 0 Å². The minimum absolute atomic E-state index is 0.146. The predicted molar refractivity (Wildman–Crippen MR) is 440 cm³/mol. The molecule has 566 valence electrons. The predicted octanol–water partition coefficient (Wildman–Crippen LogP) is 22.2. The molecule has 11 heteroatoms. The lowest BCUT2D eigenvalue weighted by molar-refractivity contribution is -0.129. The van der Waals surface area contributed by atoms with E-state index < -0.39 is 0 Å². The van der Waals surface area contributed by atoms with E-state index in [1.54, 1.807) is 12.5 Å². The lowest BCUT2D eigenvalue weighted by Gasteiger charge is -2.35. The molecule has 1 aliphatic carbocycles. The molecular formula is C93H136N8O3. The second-order valence-corrected chi connectivity index (χ2v) is 36.2. The number of carbonyl (C=O) groups is 3. The van der Waals surface area contributed by atoms with Crippen molar-refractivity contribution in [2.75, 3.05) is 70.3 Å². The molecule has 1 atom stereocenters. The zero-order valence-electron chi connectivity index (χ0n) is 68.4. The van der Waals surface area contributed by atoms with E-state index in [1.165, 1.54) is 128 Å². The van der Waals surface area contributed by atoms with Crippen molar-refractivity contribution in [3.05, 3.63) is 208 Å². The van der Waals surface area contributed by atoms with E-state index >= 15 is 0 Å². The van der Waals surface area contributed by atoms with Gasteiger partial charge in [0.2, 0.25) is 5.91 Å². The van der Waals surface area contributed by atoms with Gasteiger partial charge in [-0.15, -0.1) is 0 Å². The van der Waals surface area contributed by atoms with Crippen LogP contribution in [-0.4, -0.2) is 118 Å². The summed E-state index contributed by atoms with van der Waals surface area (Å²) in [7, 11) is 0. The maximum atomic E-state index is 12.3. The standard InChI is InChI=1S/C17H27N.C16H24N2O.2C16H23NO.C16H24.C12H15N3/c1-14(18-12-6-5-7-13-18)15-8-10-16(11-9-15)17(2,3)4;1-13(19)17-9-11-18(12-10-17)15-7-5-14(6-8-15)16(2,3)4;2*1-16(2,3)14-9-7-13(8-10-14)15(18)17-11-5-4-6-12-17;1-16(2,3)15-11-9-14(10-12-15)13-7-5-4-6-8-13;1-12(2,3)10-6-4-9(5-7-10)11-13-8-14-15-11/h8-11,14H,5-7,12-13H2,1-4H3;5-8H,9-12H2,1-4H3;2*7-10H,4-6,11-12H2,1-3H3;9-13H,4-8H2,1-3H3;4-8H,1-3H3,(H,13,14,15). The molecule has 11 nitrogen and oxygen atoms in total. The van der Waals surface area contributed by atoms with E-state index in [9.17, 15) is 14.4 Å². The molecule has 1 unspecified atom stereocenters. The molecule has 1 N–H and O–H groups in total. The average Bonchev–Trinajstić information content (AvgIpc) is 0.943. The Bertz CT molecular complexity index is 3550. The van der Waals surface area contributed by atoms with Gasteiger partial charge < -0.3 is 19.6 Å². The summed E-state index contributed by atoms with van der Waals surface area (Å²) in [5, 5.41) is 6.68. The SMILES string of the molecule is CC(=O)N1CCN(c2ccc(C(C)(C)C)cc2)CC1.CC(C)(C)c1ccc(-c2ncn[nH]2)cc1.CC(C)(C)c1ccc(C(=O)N2CCCCC2)cc1.CC(C)(C)c1ccc(C(=O)N2CCCCC2)cc1.CC(C)(C)c1ccc(C2CCCCC2)cc1.CC(c1ccc(C(C)(C)C)cc1)N1CCCCC1. The van der Waals surface area contributed by atoms with Crippen LogP contribution in [0.3, 0.4) is 0 Å². The molecule has 5 aliphatic rings. The normalized spacial score (nSPS) is 16.8. The van der Waals surface area contributed by atoms with Gasteiger partial charge in [0.15, 0.2) is 5.82 Å². The van der Waals surface area contributed by atoms with Gasteiger partial charge in [-0.3, -0.25) is 24.4 Å². The summed E-state index contributed by atoms with van der Waals surface area (Å²) >= 11 is 0. The van der Waals surface area contributed by atoms with E-state index in [1.807, 2.05) is 39.0 Å². The Morgan fingerprint density at radius 2 is 0.702 bits per heavy atom. The Kier molecular flexibility index (Phi) is 30.9. The Labute approximate surface area is 631 Å². The maximum Gasteiger partial charge on any atom is 0.253 e. The number of piperazine rings is 1. The Morgan fingerprint density at radius 3 is 1.05 bits per heavy atom. The molecule has 0 radical (unpaired) electrons. The van der Waals surface area contributed by atoms with Crippen molar-refractivity contribution >= 4 is 23.4 Å². The summed E-state index contributed by atoms with van der Waals surface area (Å²) in [5.74, 6) is 2.21. The lowest BCUT2D eigenvalue weighted by atomic mass is 9.81. The molecule has 104 heavy (non-hydrogen) atoms. The highest BCUT2D eigenvalue weighted by Crippen LogP contribution is 2.35. The fourth-order valence-corrected chi connectivity index (χ4v) is 14.2. The maximum absolute atomic E-state index is 12.3. The van der Waals surface area contributed by atoms with Gasteiger partial charge in [-0.25, -0.2) is 4.98 Å². The zero-order chi connectivity index (χ0) is 76.0. The quantitative estimate of drug-likeness (QED) is 0.169. The summed E-state index contributed by atoms with van der Waals surface area (Å²) in [4.78, 5) is 50.8. The number of aromatic amines is 1. The zero-order valence-corrected chi connectivity index (χ0v) is 68.4. The van der Waals surface area contributed by atoms with E-state index in [2.05, 4.69) is 278 Å². The van der Waals surface area contributed by atoms with Crippen molar-refractivity contribution in [2.45, 2.75) is 273 Å². The van der Waals surface area contributed by atoms with Gasteiger partial charge in [-0.1, -0.05) is 260 Å². The second kappa shape index (κ2) is 38.2. The minimum Gasteiger partial charge on any atom is -0.368 e. The first-order valence-corrected chi connectivity index (χ1v) is 39.8. The highest BCUT2D eigenvalue weighted by Gasteiger charge is 2.26. The summed E-state index contributed by atoms with van der Waals surface area (Å²) in [6.07, 6.45) is 19.8. The van der Waals surface area contributed by atoms with E-state index in [0.717, 1.165) is 106 Å². The van der Waals surface area contributed by atoms with E-state index in [4.69, 9.17) is 0 Å². The van der Waals surface area contributed by atoms with E-state index in [-0.39, 0.29) is 50.2 Å². The van der Waals surface area contributed by atoms with Crippen LogP contribution in [0.4, 0.5) is 5.69 Å². The first-order valence-electron chi connectivity index (χ1n) is 39.8. The van der Waals surface area contributed by atoms with Crippen LogP contribution in [0.25, 0.3) is 11.4 Å². The third-order valence-corrected chi connectivity index (χ3v) is 21.6. The first-order chi connectivity index (χ1) is 49.0. The smallest absolute Gasteiger partial charge is 0.253 e. The van der Waals surface area contributed by atoms with E-state index in [0.29, 0.717) is 6.04 Å². The van der Waals surface area contributed by atoms with Gasteiger partial charge in [0, 0.05) is 87.7 Å².